The predicted molar refractivity (Wildman–Crippen MR) is 75.3 cm³/mol. The van der Waals surface area contributed by atoms with Gasteiger partial charge in [0.1, 0.15) is 0 Å². The quantitative estimate of drug-likeness (QED) is 0.722. The summed E-state index contributed by atoms with van der Waals surface area (Å²) in [5.41, 5.74) is 6.54. The second-order valence-corrected chi connectivity index (χ2v) is 1.69. The lowest BCUT2D eigenvalue weighted by Crippen LogP contribution is -1.94. The minimum atomic E-state index is 0. The zero-order valence-electron chi connectivity index (χ0n) is 9.32. The van der Waals surface area contributed by atoms with Gasteiger partial charge in [-0.15, -0.1) is 51.9 Å². The molecule has 1 nitrogen and oxygen atoms in total. The van der Waals surface area contributed by atoms with Crippen LogP contribution in [0.1, 0.15) is 5.56 Å². The maximum absolute atomic E-state index is 5.35. The minimum absolute atomic E-state index is 0. The Bertz CT molecular complexity index is 182. The Balaban J connectivity index is -0.0000000755. The van der Waals surface area contributed by atoms with E-state index in [1.54, 1.807) is 0 Å². The summed E-state index contributed by atoms with van der Waals surface area (Å²) in [7, 11) is 0. The molecule has 0 unspecified atom stereocenters. The molecule has 2 N–H and O–H groups in total. The van der Waals surface area contributed by atoms with E-state index in [4.69, 9.17) is 5.73 Å². The first-order valence-corrected chi connectivity index (χ1v) is 4.17. The molecule has 1 aromatic rings. The number of benzene rings is 1. The minimum Gasteiger partial charge on any atom is -0.326 e. The van der Waals surface area contributed by atoms with Crippen LogP contribution in [0.2, 0.25) is 0 Å². The monoisotopic (exact) mass is 227 g/mol. The Morgan fingerprint density at radius 3 is 1.33 bits per heavy atom. The van der Waals surface area contributed by atoms with Gasteiger partial charge in [0.15, 0.2) is 0 Å². The van der Waals surface area contributed by atoms with Crippen LogP contribution in [0.5, 0.6) is 0 Å². The molecule has 0 spiro atoms. The molecule has 0 aliphatic heterocycles. The Hall–Kier alpha value is -1.31. The van der Waals surface area contributed by atoms with Crippen molar-refractivity contribution in [2.45, 2.75) is 6.54 Å². The summed E-state index contributed by atoms with van der Waals surface area (Å²) >= 11 is 0. The van der Waals surface area contributed by atoms with E-state index in [1.807, 2.05) is 30.3 Å². The second kappa shape index (κ2) is 29.3. The summed E-state index contributed by atoms with van der Waals surface area (Å²) in [6, 6.07) is 9.99. The highest BCUT2D eigenvalue weighted by Gasteiger charge is 1.80. The fourth-order valence-electron chi connectivity index (χ4n) is 0.614. The van der Waals surface area contributed by atoms with Gasteiger partial charge in [0, 0.05) is 6.54 Å². The van der Waals surface area contributed by atoms with Crippen molar-refractivity contribution in [2.24, 2.45) is 5.73 Å². The van der Waals surface area contributed by atoms with Crippen molar-refractivity contribution in [3.63, 3.8) is 0 Å². The van der Waals surface area contributed by atoms with Gasteiger partial charge in [0.25, 0.3) is 0 Å². The first-order valence-electron chi connectivity index (χ1n) is 4.17. The van der Waals surface area contributed by atoms with Gasteiger partial charge >= 0.3 is 0 Å². The first kappa shape index (κ1) is 23.5. The summed E-state index contributed by atoms with van der Waals surface area (Å²) in [4.78, 5) is 0. The van der Waals surface area contributed by atoms with Crippen molar-refractivity contribution in [1.82, 2.24) is 0 Å². The highest BCUT2D eigenvalue weighted by atomic mass is 35.5. The van der Waals surface area contributed by atoms with Gasteiger partial charge in [0.2, 0.25) is 0 Å². The topological polar surface area (TPSA) is 26.0 Å². The maximum Gasteiger partial charge on any atom is 0.0178 e. The van der Waals surface area contributed by atoms with E-state index in [0.717, 1.165) is 0 Å². The van der Waals surface area contributed by atoms with E-state index in [-0.39, 0.29) is 12.4 Å². The highest BCUT2D eigenvalue weighted by molar-refractivity contribution is 5.85. The highest BCUT2D eigenvalue weighted by Crippen LogP contribution is 1.94. The molecule has 1 rings (SSSR count). The molecular formula is C13H22ClN. The molecule has 1 aromatic carbocycles. The molecule has 0 radical (unpaired) electrons. The van der Waals surface area contributed by atoms with Gasteiger partial charge in [-0.25, -0.2) is 0 Å². The lowest BCUT2D eigenvalue weighted by Gasteiger charge is -1.90. The van der Waals surface area contributed by atoms with Crippen molar-refractivity contribution < 1.29 is 0 Å². The van der Waals surface area contributed by atoms with Crippen LogP contribution in [0.15, 0.2) is 69.8 Å². The van der Waals surface area contributed by atoms with Gasteiger partial charge < -0.3 is 5.73 Å². The van der Waals surface area contributed by atoms with Crippen LogP contribution >= 0.6 is 12.4 Å². The molecule has 86 valence electrons. The molecule has 0 saturated carbocycles. The van der Waals surface area contributed by atoms with Crippen LogP contribution in [0.4, 0.5) is 0 Å². The lowest BCUT2D eigenvalue weighted by molar-refractivity contribution is 1.07. The normalized spacial score (nSPS) is 5.67. The third kappa shape index (κ3) is 19.2. The van der Waals surface area contributed by atoms with Crippen LogP contribution in [0.3, 0.4) is 0 Å². The molecule has 0 aliphatic rings. The molecular weight excluding hydrogens is 206 g/mol. The van der Waals surface area contributed by atoms with Crippen LogP contribution in [-0.4, -0.2) is 0 Å². The summed E-state index contributed by atoms with van der Waals surface area (Å²) in [6.45, 7) is 18.6. The van der Waals surface area contributed by atoms with Gasteiger partial charge in [-0.3, -0.25) is 0 Å². The van der Waals surface area contributed by atoms with Crippen LogP contribution in [0.25, 0.3) is 0 Å². The van der Waals surface area contributed by atoms with E-state index in [2.05, 4.69) is 39.5 Å². The fraction of sp³-hybridized carbons (Fsp3) is 0.0769. The number of hydrogen-bond donors (Lipinski definition) is 1. The van der Waals surface area contributed by atoms with Crippen molar-refractivity contribution in [1.29, 1.82) is 0 Å². The average Bonchev–Trinajstić information content (AvgIpc) is 2.37. The van der Waals surface area contributed by atoms with Gasteiger partial charge in [-0.05, 0) is 5.56 Å². The van der Waals surface area contributed by atoms with E-state index in [0.29, 0.717) is 6.54 Å². The number of rotatable bonds is 1. The number of nitrogens with two attached hydrogens (primary N) is 1. The molecule has 0 atom stereocenters. The molecule has 2 heteroatoms. The van der Waals surface area contributed by atoms with Gasteiger partial charge in [0.05, 0.1) is 0 Å². The molecule has 0 aromatic heterocycles. The SMILES string of the molecule is C=C.C=C.C=C.Cl.NCc1ccccc1. The van der Waals surface area contributed by atoms with Crippen molar-refractivity contribution in [3.05, 3.63) is 75.4 Å². The Kier molecular flexibility index (Phi) is 45.9. The van der Waals surface area contributed by atoms with E-state index >= 15 is 0 Å². The molecule has 0 amide bonds. The van der Waals surface area contributed by atoms with Crippen molar-refractivity contribution >= 4 is 12.4 Å². The van der Waals surface area contributed by atoms with E-state index in [1.165, 1.54) is 5.56 Å². The maximum atomic E-state index is 5.35. The summed E-state index contributed by atoms with van der Waals surface area (Å²) in [5.74, 6) is 0. The Morgan fingerprint density at radius 1 is 0.800 bits per heavy atom. The summed E-state index contributed by atoms with van der Waals surface area (Å²) in [5, 5.41) is 0. The Morgan fingerprint density at radius 2 is 1.13 bits per heavy atom. The van der Waals surface area contributed by atoms with Crippen LogP contribution in [-0.2, 0) is 6.54 Å². The summed E-state index contributed by atoms with van der Waals surface area (Å²) < 4.78 is 0. The molecule has 0 heterocycles. The van der Waals surface area contributed by atoms with Crippen molar-refractivity contribution in [2.75, 3.05) is 0 Å². The zero-order chi connectivity index (χ0) is 11.8. The molecule has 0 saturated heterocycles. The smallest absolute Gasteiger partial charge is 0.0178 e. The Labute approximate surface area is 100 Å². The van der Waals surface area contributed by atoms with Crippen LogP contribution < -0.4 is 5.73 Å². The largest absolute Gasteiger partial charge is 0.326 e. The average molecular weight is 228 g/mol. The van der Waals surface area contributed by atoms with Gasteiger partial charge in [-0.2, -0.15) is 0 Å². The zero-order valence-corrected chi connectivity index (χ0v) is 10.1. The number of halogens is 1. The van der Waals surface area contributed by atoms with Crippen molar-refractivity contribution in [3.8, 4) is 0 Å². The molecule has 0 aliphatic carbocycles. The second-order valence-electron chi connectivity index (χ2n) is 1.69. The third-order valence-corrected chi connectivity index (χ3v) is 1.08. The molecule has 0 bridgehead atoms. The fourth-order valence-corrected chi connectivity index (χ4v) is 0.614. The standard InChI is InChI=1S/C7H9N.3C2H4.ClH/c8-6-7-4-2-1-3-5-7;3*1-2;/h1-5H,6,8H2;3*1-2H2;1H. The van der Waals surface area contributed by atoms with E-state index < -0.39 is 0 Å². The van der Waals surface area contributed by atoms with E-state index in [9.17, 15) is 0 Å². The number of hydrogen-bond acceptors (Lipinski definition) is 1. The van der Waals surface area contributed by atoms with Crippen LogP contribution in [0, 0.1) is 0 Å². The first-order chi connectivity index (χ1) is 6.93. The molecule has 0 fully saturated rings. The third-order valence-electron chi connectivity index (χ3n) is 1.08. The molecule has 15 heavy (non-hydrogen) atoms. The van der Waals surface area contributed by atoms with Gasteiger partial charge in [-0.1, -0.05) is 30.3 Å². The summed E-state index contributed by atoms with van der Waals surface area (Å²) in [6.07, 6.45) is 0. The predicted octanol–water partition coefficient (Wildman–Crippen LogP) is 3.97. The lowest BCUT2D eigenvalue weighted by atomic mass is 10.2.